The number of nitrogens with zero attached hydrogens (tertiary/aromatic N) is 4. The molecule has 1 saturated heterocycles. The van der Waals surface area contributed by atoms with Crippen LogP contribution in [0.25, 0.3) is 0 Å². The Bertz CT molecular complexity index is 1070. The number of aromatic nitrogens is 3. The average molecular weight is 464 g/mol. The normalized spacial score (nSPS) is 14.2. The lowest BCUT2D eigenvalue weighted by atomic mass is 10.2. The van der Waals surface area contributed by atoms with Crippen LogP contribution in [0.5, 0.6) is 6.01 Å². The quantitative estimate of drug-likeness (QED) is 0.514. The second kappa shape index (κ2) is 9.94. The Balaban J connectivity index is 1.52. The zero-order chi connectivity index (χ0) is 23.3. The summed E-state index contributed by atoms with van der Waals surface area (Å²) in [6.07, 6.45) is -4.52. The highest BCUT2D eigenvalue weighted by Gasteiger charge is 2.29. The van der Waals surface area contributed by atoms with Crippen molar-refractivity contribution in [2.75, 3.05) is 48.4 Å². The molecule has 1 aliphatic rings. The number of benzene rings is 1. The van der Waals surface area contributed by atoms with Crippen LogP contribution in [0, 0.1) is 6.92 Å². The van der Waals surface area contributed by atoms with Gasteiger partial charge in [-0.1, -0.05) is 6.07 Å². The van der Waals surface area contributed by atoms with Gasteiger partial charge >= 0.3 is 12.2 Å². The second-order valence-electron chi connectivity index (χ2n) is 7.31. The maximum Gasteiger partial charge on any atom is 0.422 e. The lowest BCUT2D eigenvalue weighted by Crippen LogP contribution is -2.36. The SMILES string of the molecule is Cc1ccc(CNc2nc(Nc3cccc(N4CCOCC4)c3)nc(OCC(F)(F)F)n2)o1. The molecule has 0 amide bonds. The number of alkyl halides is 3. The predicted octanol–water partition coefficient (Wildman–Crippen LogP) is 3.91. The molecule has 2 N–H and O–H groups in total. The van der Waals surface area contributed by atoms with E-state index in [0.29, 0.717) is 24.7 Å². The van der Waals surface area contributed by atoms with Crippen LogP contribution < -0.4 is 20.3 Å². The zero-order valence-electron chi connectivity index (χ0n) is 17.9. The maximum absolute atomic E-state index is 12.6. The molecule has 176 valence electrons. The van der Waals surface area contributed by atoms with Crippen LogP contribution in [0.1, 0.15) is 11.5 Å². The zero-order valence-corrected chi connectivity index (χ0v) is 17.9. The van der Waals surface area contributed by atoms with Gasteiger partial charge in [-0.3, -0.25) is 0 Å². The number of furan rings is 1. The Kier molecular flexibility index (Phi) is 6.82. The molecular weight excluding hydrogens is 441 g/mol. The van der Waals surface area contributed by atoms with Crippen molar-refractivity contribution in [2.24, 2.45) is 0 Å². The van der Waals surface area contributed by atoms with Crippen molar-refractivity contribution in [3.63, 3.8) is 0 Å². The smallest absolute Gasteiger partial charge is 0.422 e. The molecule has 0 atom stereocenters. The number of nitrogens with one attached hydrogen (secondary N) is 2. The minimum Gasteiger partial charge on any atom is -0.465 e. The van der Waals surface area contributed by atoms with Crippen molar-refractivity contribution in [1.29, 1.82) is 0 Å². The van der Waals surface area contributed by atoms with Crippen molar-refractivity contribution < 1.29 is 27.1 Å². The van der Waals surface area contributed by atoms with Crippen molar-refractivity contribution in [3.05, 3.63) is 47.9 Å². The van der Waals surface area contributed by atoms with Crippen molar-refractivity contribution in [2.45, 2.75) is 19.6 Å². The third-order valence-electron chi connectivity index (χ3n) is 4.68. The van der Waals surface area contributed by atoms with Crippen molar-refractivity contribution in [1.82, 2.24) is 15.0 Å². The molecule has 0 unspecified atom stereocenters. The van der Waals surface area contributed by atoms with Crippen LogP contribution in [-0.4, -0.2) is 54.0 Å². The first-order chi connectivity index (χ1) is 15.8. The third-order valence-corrected chi connectivity index (χ3v) is 4.68. The topological polar surface area (TPSA) is 97.6 Å². The number of hydrogen-bond donors (Lipinski definition) is 2. The van der Waals surface area contributed by atoms with Gasteiger partial charge in [0.05, 0.1) is 19.8 Å². The highest BCUT2D eigenvalue weighted by Crippen LogP contribution is 2.24. The third kappa shape index (κ3) is 6.72. The van der Waals surface area contributed by atoms with E-state index in [1.165, 1.54) is 0 Å². The van der Waals surface area contributed by atoms with Gasteiger partial charge in [-0.05, 0) is 37.3 Å². The summed E-state index contributed by atoms with van der Waals surface area (Å²) >= 11 is 0. The van der Waals surface area contributed by atoms with Crippen LogP contribution >= 0.6 is 0 Å². The van der Waals surface area contributed by atoms with Gasteiger partial charge in [-0.2, -0.15) is 28.1 Å². The molecule has 1 aromatic carbocycles. The van der Waals surface area contributed by atoms with Crippen LogP contribution in [-0.2, 0) is 11.3 Å². The van der Waals surface area contributed by atoms with Gasteiger partial charge in [0.15, 0.2) is 6.61 Å². The fourth-order valence-electron chi connectivity index (χ4n) is 3.18. The average Bonchev–Trinajstić information content (AvgIpc) is 3.22. The van der Waals surface area contributed by atoms with E-state index in [1.54, 1.807) is 12.1 Å². The Labute approximate surface area is 187 Å². The Morgan fingerprint density at radius 1 is 1.06 bits per heavy atom. The summed E-state index contributed by atoms with van der Waals surface area (Å²) in [7, 11) is 0. The highest BCUT2D eigenvalue weighted by molar-refractivity contribution is 5.62. The van der Waals surface area contributed by atoms with E-state index in [-0.39, 0.29) is 18.4 Å². The number of halogens is 3. The number of hydrogen-bond acceptors (Lipinski definition) is 9. The number of ether oxygens (including phenoxy) is 2. The molecule has 2 aromatic heterocycles. The number of aryl methyl sites for hydroxylation is 1. The largest absolute Gasteiger partial charge is 0.465 e. The van der Waals surface area contributed by atoms with E-state index in [9.17, 15) is 13.2 Å². The summed E-state index contributed by atoms with van der Waals surface area (Å²) in [6.45, 7) is 3.37. The fraction of sp³-hybridized carbons (Fsp3) is 0.381. The van der Waals surface area contributed by atoms with Crippen LogP contribution in [0.15, 0.2) is 40.8 Å². The van der Waals surface area contributed by atoms with Gasteiger partial charge in [-0.25, -0.2) is 0 Å². The van der Waals surface area contributed by atoms with Crippen molar-refractivity contribution >= 4 is 23.3 Å². The van der Waals surface area contributed by atoms with Gasteiger partial charge in [-0.15, -0.1) is 0 Å². The first kappa shape index (κ1) is 22.6. The molecule has 0 spiro atoms. The van der Waals surface area contributed by atoms with Gasteiger partial charge in [0.2, 0.25) is 11.9 Å². The summed E-state index contributed by atoms with van der Waals surface area (Å²) in [6, 6.07) is 10.7. The molecule has 4 rings (SSSR count). The van der Waals surface area contributed by atoms with Crippen molar-refractivity contribution in [3.8, 4) is 6.01 Å². The lowest BCUT2D eigenvalue weighted by molar-refractivity contribution is -0.154. The van der Waals surface area contributed by atoms with E-state index in [4.69, 9.17) is 13.9 Å². The highest BCUT2D eigenvalue weighted by atomic mass is 19.4. The van der Waals surface area contributed by atoms with Crippen LogP contribution in [0.2, 0.25) is 0 Å². The predicted molar refractivity (Wildman–Crippen MR) is 115 cm³/mol. The molecule has 12 heteroatoms. The Morgan fingerprint density at radius 2 is 1.85 bits per heavy atom. The maximum atomic E-state index is 12.6. The molecule has 0 aliphatic carbocycles. The summed E-state index contributed by atoms with van der Waals surface area (Å²) in [5, 5.41) is 5.94. The summed E-state index contributed by atoms with van der Waals surface area (Å²) < 4.78 is 53.5. The second-order valence-corrected chi connectivity index (χ2v) is 7.31. The molecule has 0 saturated carbocycles. The van der Waals surface area contributed by atoms with E-state index in [1.807, 2.05) is 31.2 Å². The molecule has 9 nitrogen and oxygen atoms in total. The standard InChI is InChI=1S/C21H23F3N6O3/c1-14-5-6-17(33-14)12-25-18-27-19(29-20(28-18)32-13-21(22,23)24)26-15-3-2-4-16(11-15)30-7-9-31-10-8-30/h2-6,11H,7-10,12-13H2,1H3,(H2,25,26,27,28,29). The molecule has 1 aliphatic heterocycles. The van der Waals surface area contributed by atoms with E-state index < -0.39 is 18.8 Å². The minimum absolute atomic E-state index is 0.0411. The summed E-state index contributed by atoms with van der Waals surface area (Å²) in [4.78, 5) is 14.3. The molecule has 3 heterocycles. The summed E-state index contributed by atoms with van der Waals surface area (Å²) in [5.74, 6) is 1.44. The monoisotopic (exact) mass is 464 g/mol. The molecule has 0 radical (unpaired) electrons. The van der Waals surface area contributed by atoms with E-state index >= 15 is 0 Å². The van der Waals surface area contributed by atoms with Gasteiger partial charge in [0, 0.05) is 24.5 Å². The first-order valence-electron chi connectivity index (χ1n) is 10.3. The Hall–Kier alpha value is -3.54. The molecule has 0 bridgehead atoms. The van der Waals surface area contributed by atoms with Gasteiger partial charge in [0.1, 0.15) is 11.5 Å². The van der Waals surface area contributed by atoms with E-state index in [2.05, 4.69) is 30.5 Å². The lowest BCUT2D eigenvalue weighted by Gasteiger charge is -2.29. The Morgan fingerprint density at radius 3 is 2.58 bits per heavy atom. The number of anilines is 4. The van der Waals surface area contributed by atoms with Crippen LogP contribution in [0.4, 0.5) is 36.4 Å². The van der Waals surface area contributed by atoms with Crippen LogP contribution in [0.3, 0.4) is 0 Å². The fourth-order valence-corrected chi connectivity index (χ4v) is 3.18. The molecular formula is C21H23F3N6O3. The molecule has 1 fully saturated rings. The first-order valence-corrected chi connectivity index (χ1v) is 10.3. The van der Waals surface area contributed by atoms with Gasteiger partial charge < -0.3 is 29.4 Å². The number of morpholine rings is 1. The minimum atomic E-state index is -4.52. The molecule has 33 heavy (non-hydrogen) atoms. The molecule has 3 aromatic rings. The van der Waals surface area contributed by atoms with E-state index in [0.717, 1.165) is 24.5 Å². The van der Waals surface area contributed by atoms with Gasteiger partial charge in [0.25, 0.3) is 0 Å². The number of rotatable bonds is 8. The summed E-state index contributed by atoms with van der Waals surface area (Å²) in [5.41, 5.74) is 1.65.